The Labute approximate surface area is 131 Å². The van der Waals surface area contributed by atoms with Gasteiger partial charge in [0, 0.05) is 19.2 Å². The molecule has 0 aromatic carbocycles. The lowest BCUT2D eigenvalue weighted by Crippen LogP contribution is -2.23. The van der Waals surface area contributed by atoms with Crippen LogP contribution in [-0.2, 0) is 14.4 Å². The van der Waals surface area contributed by atoms with Crippen molar-refractivity contribution in [1.82, 2.24) is 5.32 Å². The summed E-state index contributed by atoms with van der Waals surface area (Å²) in [5, 5.41) is 2.44. The minimum absolute atomic E-state index is 0.0874. The van der Waals surface area contributed by atoms with Crippen LogP contribution in [-0.4, -0.2) is 29.1 Å². The third-order valence-electron chi connectivity index (χ3n) is 2.69. The monoisotopic (exact) mass is 311 g/mol. The number of hydrogen-bond acceptors (Lipinski definition) is 4. The molecule has 0 saturated heterocycles. The molecule has 118 valence electrons. The van der Waals surface area contributed by atoms with Gasteiger partial charge < -0.3 is 5.32 Å². The zero-order chi connectivity index (χ0) is 16.1. The Balaban J connectivity index is 3.99. The van der Waals surface area contributed by atoms with E-state index in [0.29, 0.717) is 17.9 Å². The second-order valence-electron chi connectivity index (χ2n) is 4.72. The topological polar surface area (TPSA) is 63.2 Å². The Morgan fingerprint density at radius 2 is 1.90 bits per heavy atom. The fraction of sp³-hybridized carbons (Fsp3) is 0.562. The van der Waals surface area contributed by atoms with Crippen LogP contribution < -0.4 is 5.32 Å². The summed E-state index contributed by atoms with van der Waals surface area (Å²) >= 11 is 1.08. The number of Topliss-reactive ketones (excluding diaryl/α,β-unsaturated/α-hetero) is 1. The summed E-state index contributed by atoms with van der Waals surface area (Å²) in [7, 11) is 0. The molecule has 0 saturated carbocycles. The minimum atomic E-state index is -0.159. The average molecular weight is 311 g/mol. The van der Waals surface area contributed by atoms with Crippen molar-refractivity contribution in [2.45, 2.75) is 46.5 Å². The van der Waals surface area contributed by atoms with Gasteiger partial charge in [-0.05, 0) is 18.9 Å². The maximum Gasteiger partial charge on any atom is 0.216 e. The quantitative estimate of drug-likeness (QED) is 0.291. The van der Waals surface area contributed by atoms with Crippen molar-refractivity contribution in [2.75, 3.05) is 12.3 Å². The summed E-state index contributed by atoms with van der Waals surface area (Å²) in [4.78, 5) is 34.1. The van der Waals surface area contributed by atoms with Crippen molar-refractivity contribution < 1.29 is 14.4 Å². The van der Waals surface area contributed by atoms with Crippen molar-refractivity contribution in [1.29, 1.82) is 0 Å². The molecule has 0 rings (SSSR count). The lowest BCUT2D eigenvalue weighted by Gasteiger charge is -2.02. The molecule has 0 spiro atoms. The summed E-state index contributed by atoms with van der Waals surface area (Å²) in [6.07, 6.45) is 8.87. The molecule has 0 atom stereocenters. The first-order valence-electron chi connectivity index (χ1n) is 7.24. The lowest BCUT2D eigenvalue weighted by atomic mass is 10.1. The number of ketones is 1. The van der Waals surface area contributed by atoms with Crippen molar-refractivity contribution in [3.63, 3.8) is 0 Å². The predicted molar refractivity (Wildman–Crippen MR) is 88.2 cm³/mol. The SMILES string of the molecule is CCCC/C=C/C=C(\C)C(=O)CC(=O)SCCNC(C)=O. The standard InChI is InChI=1S/C16H25NO3S/c1-4-5-6-7-8-9-13(2)15(19)12-16(20)21-11-10-17-14(3)18/h7-9H,4-6,10-12H2,1-3H3,(H,17,18)/b8-7+,13-9+. The number of unbranched alkanes of at least 4 members (excludes halogenated alkanes) is 2. The number of carbonyl (C=O) groups excluding carboxylic acids is 3. The molecule has 0 heterocycles. The first-order valence-corrected chi connectivity index (χ1v) is 8.22. The number of nitrogens with one attached hydrogen (secondary N) is 1. The van der Waals surface area contributed by atoms with Gasteiger partial charge in [0.15, 0.2) is 10.9 Å². The molecule has 21 heavy (non-hydrogen) atoms. The number of rotatable bonds is 10. The highest BCUT2D eigenvalue weighted by molar-refractivity contribution is 8.13. The van der Waals surface area contributed by atoms with Crippen LogP contribution in [0, 0.1) is 0 Å². The molecule has 0 aromatic heterocycles. The van der Waals surface area contributed by atoms with Crippen LogP contribution >= 0.6 is 11.8 Å². The van der Waals surface area contributed by atoms with E-state index in [1.165, 1.54) is 6.92 Å². The average Bonchev–Trinajstić information content (AvgIpc) is 2.42. The van der Waals surface area contributed by atoms with Gasteiger partial charge in [-0.3, -0.25) is 14.4 Å². The molecule has 5 heteroatoms. The molecular formula is C16H25NO3S. The second-order valence-corrected chi connectivity index (χ2v) is 5.88. The van der Waals surface area contributed by atoms with Gasteiger partial charge in [-0.25, -0.2) is 0 Å². The molecule has 0 radical (unpaired) electrons. The maximum atomic E-state index is 11.8. The van der Waals surface area contributed by atoms with E-state index in [-0.39, 0.29) is 23.2 Å². The molecule has 0 unspecified atom stereocenters. The molecule has 0 fully saturated rings. The van der Waals surface area contributed by atoms with Crippen LogP contribution in [0.5, 0.6) is 0 Å². The van der Waals surface area contributed by atoms with Crippen molar-refractivity contribution in [2.24, 2.45) is 0 Å². The fourth-order valence-electron chi connectivity index (χ4n) is 1.44. The Hall–Kier alpha value is -1.36. The Kier molecular flexibility index (Phi) is 11.6. The zero-order valence-electron chi connectivity index (χ0n) is 13.1. The zero-order valence-corrected chi connectivity index (χ0v) is 13.9. The Bertz CT molecular complexity index is 414. The normalized spacial score (nSPS) is 11.7. The van der Waals surface area contributed by atoms with E-state index in [1.54, 1.807) is 13.0 Å². The Morgan fingerprint density at radius 1 is 1.19 bits per heavy atom. The highest BCUT2D eigenvalue weighted by Crippen LogP contribution is 2.09. The summed E-state index contributed by atoms with van der Waals surface area (Å²) in [5.74, 6) is 0.227. The number of carbonyl (C=O) groups is 3. The van der Waals surface area contributed by atoms with Crippen LogP contribution in [0.2, 0.25) is 0 Å². The van der Waals surface area contributed by atoms with E-state index in [2.05, 4.69) is 12.2 Å². The summed E-state index contributed by atoms with van der Waals surface area (Å²) in [5.41, 5.74) is 0.596. The highest BCUT2D eigenvalue weighted by Gasteiger charge is 2.11. The molecule has 4 nitrogen and oxygen atoms in total. The van der Waals surface area contributed by atoms with E-state index in [4.69, 9.17) is 0 Å². The maximum absolute atomic E-state index is 11.8. The second kappa shape index (κ2) is 12.4. The third-order valence-corrected chi connectivity index (χ3v) is 3.56. The van der Waals surface area contributed by atoms with E-state index in [9.17, 15) is 14.4 Å². The summed E-state index contributed by atoms with van der Waals surface area (Å²) in [6, 6.07) is 0. The first-order chi connectivity index (χ1) is 9.97. The molecule has 0 aliphatic carbocycles. The number of thioether (sulfide) groups is 1. The lowest BCUT2D eigenvalue weighted by molar-refractivity contribution is -0.121. The van der Waals surface area contributed by atoms with Crippen LogP contribution in [0.15, 0.2) is 23.8 Å². The molecule has 0 aromatic rings. The van der Waals surface area contributed by atoms with Crippen LogP contribution in [0.4, 0.5) is 0 Å². The van der Waals surface area contributed by atoms with Gasteiger partial charge in [0.25, 0.3) is 0 Å². The molecule has 1 N–H and O–H groups in total. The molecule has 1 amide bonds. The number of hydrogen-bond donors (Lipinski definition) is 1. The van der Waals surface area contributed by atoms with E-state index in [1.807, 2.05) is 12.2 Å². The molecule has 0 aliphatic rings. The number of amides is 1. The minimum Gasteiger partial charge on any atom is -0.356 e. The van der Waals surface area contributed by atoms with E-state index in [0.717, 1.165) is 31.0 Å². The Morgan fingerprint density at radius 3 is 2.52 bits per heavy atom. The fourth-order valence-corrected chi connectivity index (χ4v) is 2.10. The summed E-state index contributed by atoms with van der Waals surface area (Å²) in [6.45, 7) is 5.72. The number of allylic oxidation sites excluding steroid dienone is 4. The molecule has 0 aliphatic heterocycles. The third kappa shape index (κ3) is 12.1. The van der Waals surface area contributed by atoms with E-state index < -0.39 is 0 Å². The van der Waals surface area contributed by atoms with Gasteiger partial charge in [0.05, 0.1) is 6.42 Å². The smallest absolute Gasteiger partial charge is 0.216 e. The molecular weight excluding hydrogens is 286 g/mol. The molecule has 0 bridgehead atoms. The largest absolute Gasteiger partial charge is 0.356 e. The van der Waals surface area contributed by atoms with Crippen LogP contribution in [0.25, 0.3) is 0 Å². The van der Waals surface area contributed by atoms with E-state index >= 15 is 0 Å². The van der Waals surface area contributed by atoms with Crippen LogP contribution in [0.1, 0.15) is 46.5 Å². The first kappa shape index (κ1) is 19.6. The summed E-state index contributed by atoms with van der Waals surface area (Å²) < 4.78 is 0. The van der Waals surface area contributed by atoms with Gasteiger partial charge in [-0.1, -0.05) is 49.8 Å². The highest BCUT2D eigenvalue weighted by atomic mass is 32.2. The van der Waals surface area contributed by atoms with Gasteiger partial charge >= 0.3 is 0 Å². The van der Waals surface area contributed by atoms with Gasteiger partial charge in [-0.15, -0.1) is 0 Å². The van der Waals surface area contributed by atoms with Gasteiger partial charge in [0.2, 0.25) is 5.91 Å². The van der Waals surface area contributed by atoms with Crippen molar-refractivity contribution in [3.8, 4) is 0 Å². The van der Waals surface area contributed by atoms with Crippen molar-refractivity contribution >= 4 is 28.6 Å². The predicted octanol–water partition coefficient (Wildman–Crippen LogP) is 3.03. The van der Waals surface area contributed by atoms with Crippen molar-refractivity contribution in [3.05, 3.63) is 23.8 Å². The van der Waals surface area contributed by atoms with Gasteiger partial charge in [0.1, 0.15) is 0 Å². The van der Waals surface area contributed by atoms with Gasteiger partial charge in [-0.2, -0.15) is 0 Å². The van der Waals surface area contributed by atoms with Crippen LogP contribution in [0.3, 0.4) is 0 Å².